The number of hydrogen-bond donors (Lipinski definition) is 1. The van der Waals surface area contributed by atoms with Gasteiger partial charge in [-0.05, 0) is 82.4 Å². The van der Waals surface area contributed by atoms with Crippen molar-refractivity contribution in [3.63, 3.8) is 0 Å². The molecule has 3 rings (SSSR count). The summed E-state index contributed by atoms with van der Waals surface area (Å²) >= 11 is 0. The van der Waals surface area contributed by atoms with E-state index in [0.29, 0.717) is 12.1 Å². The number of nitriles is 1. The van der Waals surface area contributed by atoms with Crippen molar-refractivity contribution in [1.82, 2.24) is 10.2 Å². The van der Waals surface area contributed by atoms with Crippen LogP contribution in [-0.2, 0) is 17.6 Å². The van der Waals surface area contributed by atoms with Crippen LogP contribution < -0.4 is 5.32 Å². The van der Waals surface area contributed by atoms with Crippen molar-refractivity contribution < 1.29 is 4.79 Å². The first kappa shape index (κ1) is 19.5. The molecule has 1 amide bonds. The van der Waals surface area contributed by atoms with Gasteiger partial charge in [-0.2, -0.15) is 5.26 Å². The summed E-state index contributed by atoms with van der Waals surface area (Å²) in [5.41, 5.74) is 4.16. The number of carbonyl (C=O) groups is 1. The summed E-state index contributed by atoms with van der Waals surface area (Å²) in [7, 11) is 0. The molecular formula is C23H31N3O. The SMILES string of the molecule is CC(NC(=O)/C(C#N)=C\N1C(C)CCCC1C)c1ccc2c(c1)CCCC2. The lowest BCUT2D eigenvalue weighted by Gasteiger charge is -2.38. The third-order valence-electron chi connectivity index (χ3n) is 6.13. The number of rotatable bonds is 4. The van der Waals surface area contributed by atoms with Crippen LogP contribution in [0.2, 0.25) is 0 Å². The van der Waals surface area contributed by atoms with Gasteiger partial charge < -0.3 is 10.2 Å². The van der Waals surface area contributed by atoms with Crippen LogP contribution in [0, 0.1) is 11.3 Å². The van der Waals surface area contributed by atoms with Crippen molar-refractivity contribution in [3.05, 3.63) is 46.7 Å². The van der Waals surface area contributed by atoms with Gasteiger partial charge >= 0.3 is 0 Å². The third kappa shape index (κ3) is 4.53. The fourth-order valence-electron chi connectivity index (χ4n) is 4.36. The number of likely N-dealkylation sites (tertiary alicyclic amines) is 1. The Morgan fingerprint density at radius 3 is 2.52 bits per heavy atom. The number of nitrogens with zero attached hydrogens (tertiary/aromatic N) is 2. The zero-order chi connectivity index (χ0) is 19.4. The van der Waals surface area contributed by atoms with Crippen LogP contribution in [0.5, 0.6) is 0 Å². The average molecular weight is 366 g/mol. The van der Waals surface area contributed by atoms with Crippen LogP contribution in [0.25, 0.3) is 0 Å². The molecule has 1 fully saturated rings. The van der Waals surface area contributed by atoms with Crippen LogP contribution in [0.1, 0.15) is 75.6 Å². The molecule has 2 aliphatic rings. The van der Waals surface area contributed by atoms with E-state index in [0.717, 1.165) is 31.2 Å². The zero-order valence-corrected chi connectivity index (χ0v) is 16.8. The minimum atomic E-state index is -0.285. The lowest BCUT2D eigenvalue weighted by molar-refractivity contribution is -0.117. The number of hydrogen-bond acceptors (Lipinski definition) is 3. The molecule has 1 aliphatic carbocycles. The Morgan fingerprint density at radius 1 is 1.19 bits per heavy atom. The number of amides is 1. The minimum Gasteiger partial charge on any atom is -0.371 e. The van der Waals surface area contributed by atoms with Gasteiger partial charge in [0, 0.05) is 18.3 Å². The second kappa shape index (κ2) is 8.61. The highest BCUT2D eigenvalue weighted by Gasteiger charge is 2.24. The zero-order valence-electron chi connectivity index (χ0n) is 16.8. The molecule has 1 heterocycles. The molecule has 4 nitrogen and oxygen atoms in total. The third-order valence-corrected chi connectivity index (χ3v) is 6.13. The number of nitrogens with one attached hydrogen (secondary N) is 1. The summed E-state index contributed by atoms with van der Waals surface area (Å²) in [4.78, 5) is 14.9. The van der Waals surface area contributed by atoms with E-state index in [2.05, 4.69) is 48.3 Å². The van der Waals surface area contributed by atoms with Crippen molar-refractivity contribution in [1.29, 1.82) is 5.26 Å². The number of fused-ring (bicyclic) bond motifs is 1. The second-order valence-electron chi connectivity index (χ2n) is 8.16. The molecule has 4 heteroatoms. The van der Waals surface area contributed by atoms with Gasteiger partial charge in [-0.15, -0.1) is 0 Å². The predicted octanol–water partition coefficient (Wildman–Crippen LogP) is 4.41. The van der Waals surface area contributed by atoms with Gasteiger partial charge in [0.2, 0.25) is 0 Å². The largest absolute Gasteiger partial charge is 0.371 e. The van der Waals surface area contributed by atoms with E-state index in [1.165, 1.54) is 30.4 Å². The van der Waals surface area contributed by atoms with Crippen molar-refractivity contribution in [2.24, 2.45) is 0 Å². The topological polar surface area (TPSA) is 56.1 Å². The van der Waals surface area contributed by atoms with Crippen molar-refractivity contribution in [2.45, 2.75) is 83.8 Å². The van der Waals surface area contributed by atoms with E-state index in [9.17, 15) is 10.1 Å². The highest BCUT2D eigenvalue weighted by molar-refractivity contribution is 5.97. The van der Waals surface area contributed by atoms with Gasteiger partial charge in [-0.25, -0.2) is 0 Å². The van der Waals surface area contributed by atoms with Crippen LogP contribution in [-0.4, -0.2) is 22.9 Å². The molecule has 1 aliphatic heterocycles. The standard InChI is InChI=1S/C23H31N3O/c1-16-7-6-8-17(2)26(16)15-22(14-24)23(27)25-18(3)20-12-11-19-9-4-5-10-21(19)13-20/h11-13,15-18H,4-10H2,1-3H3,(H,25,27)/b22-15-. The molecule has 0 aromatic heterocycles. The second-order valence-corrected chi connectivity index (χ2v) is 8.16. The molecule has 1 saturated heterocycles. The summed E-state index contributed by atoms with van der Waals surface area (Å²) in [6.07, 6.45) is 9.97. The lowest BCUT2D eigenvalue weighted by atomic mass is 9.89. The molecular weight excluding hydrogens is 334 g/mol. The Labute approximate surface area is 163 Å². The van der Waals surface area contributed by atoms with E-state index in [-0.39, 0.29) is 17.5 Å². The first-order valence-electron chi connectivity index (χ1n) is 10.3. The maximum Gasteiger partial charge on any atom is 0.263 e. The highest BCUT2D eigenvalue weighted by Crippen LogP contribution is 2.26. The van der Waals surface area contributed by atoms with Gasteiger partial charge in [0.25, 0.3) is 5.91 Å². The average Bonchev–Trinajstić information content (AvgIpc) is 2.67. The van der Waals surface area contributed by atoms with Gasteiger partial charge in [0.1, 0.15) is 11.6 Å². The summed E-state index contributed by atoms with van der Waals surface area (Å²) in [6.45, 7) is 6.31. The van der Waals surface area contributed by atoms with Crippen LogP contribution >= 0.6 is 0 Å². The van der Waals surface area contributed by atoms with E-state index in [1.54, 1.807) is 6.20 Å². The molecule has 1 aromatic rings. The first-order valence-corrected chi connectivity index (χ1v) is 10.3. The molecule has 0 saturated carbocycles. The molecule has 144 valence electrons. The number of benzene rings is 1. The Hall–Kier alpha value is -2.28. The van der Waals surface area contributed by atoms with Crippen molar-refractivity contribution in [2.75, 3.05) is 0 Å². The molecule has 1 N–H and O–H groups in total. The predicted molar refractivity (Wildman–Crippen MR) is 108 cm³/mol. The van der Waals surface area contributed by atoms with E-state index >= 15 is 0 Å². The van der Waals surface area contributed by atoms with E-state index in [4.69, 9.17) is 0 Å². The minimum absolute atomic E-state index is 0.113. The van der Waals surface area contributed by atoms with Gasteiger partial charge in [-0.3, -0.25) is 4.79 Å². The van der Waals surface area contributed by atoms with E-state index < -0.39 is 0 Å². The molecule has 1 aromatic carbocycles. The Balaban J connectivity index is 1.71. The summed E-state index contributed by atoms with van der Waals surface area (Å²) in [5.74, 6) is -0.285. The maximum absolute atomic E-state index is 12.7. The number of aryl methyl sites for hydroxylation is 2. The normalized spacial score (nSPS) is 23.9. The van der Waals surface area contributed by atoms with Crippen LogP contribution in [0.3, 0.4) is 0 Å². The fourth-order valence-corrected chi connectivity index (χ4v) is 4.36. The number of piperidine rings is 1. The number of carbonyl (C=O) groups excluding carboxylic acids is 1. The Kier molecular flexibility index (Phi) is 6.21. The summed E-state index contributed by atoms with van der Waals surface area (Å²) in [5, 5.41) is 12.6. The molecule has 0 radical (unpaired) electrons. The smallest absolute Gasteiger partial charge is 0.263 e. The molecule has 3 unspecified atom stereocenters. The summed E-state index contributed by atoms with van der Waals surface area (Å²) < 4.78 is 0. The van der Waals surface area contributed by atoms with Gasteiger partial charge in [0.15, 0.2) is 0 Å². The highest BCUT2D eigenvalue weighted by atomic mass is 16.1. The monoisotopic (exact) mass is 365 g/mol. The van der Waals surface area contributed by atoms with Gasteiger partial charge in [0.05, 0.1) is 6.04 Å². The van der Waals surface area contributed by atoms with Crippen LogP contribution in [0.15, 0.2) is 30.0 Å². The quantitative estimate of drug-likeness (QED) is 0.635. The Morgan fingerprint density at radius 2 is 1.85 bits per heavy atom. The lowest BCUT2D eigenvalue weighted by Crippen LogP contribution is -2.40. The summed E-state index contributed by atoms with van der Waals surface area (Å²) in [6, 6.07) is 9.25. The van der Waals surface area contributed by atoms with Crippen LogP contribution in [0.4, 0.5) is 0 Å². The van der Waals surface area contributed by atoms with E-state index in [1.807, 2.05) is 6.92 Å². The maximum atomic E-state index is 12.7. The van der Waals surface area contributed by atoms with Crippen molar-refractivity contribution in [3.8, 4) is 6.07 Å². The van der Waals surface area contributed by atoms with Gasteiger partial charge in [-0.1, -0.05) is 18.2 Å². The Bertz CT molecular complexity index is 751. The molecule has 0 bridgehead atoms. The fraction of sp³-hybridized carbons (Fsp3) is 0.565. The molecule has 27 heavy (non-hydrogen) atoms. The first-order chi connectivity index (χ1) is 13.0. The molecule has 0 spiro atoms. The molecule has 3 atom stereocenters. The van der Waals surface area contributed by atoms with Crippen molar-refractivity contribution >= 4 is 5.91 Å².